The minimum absolute atomic E-state index is 0.0562. The number of carbonyl (C=O) groups is 3. The molecule has 3 N–H and O–H groups in total. The van der Waals surface area contributed by atoms with E-state index in [0.717, 1.165) is 36.7 Å². The van der Waals surface area contributed by atoms with Crippen LogP contribution in [-0.2, 0) is 9.59 Å². The number of aromatic nitrogens is 2. The van der Waals surface area contributed by atoms with Gasteiger partial charge in [-0.2, -0.15) is 11.8 Å². The third kappa shape index (κ3) is 9.51. The largest absolute Gasteiger partial charge is 0.478 e. The standard InChI is InChI=1S/C24H25N5O3S.C4H4O4/c1-17-21(24(30)25-10-11-28-12-14-33-15-13-28)22(19-8-5-9-20(16-19)29(31)32)27-23(26-17)18-6-3-2-4-7-18;5-3(6)1-2-4(7)8/h2-9,16H,10-15H2,1H3,(H,25,30);1-2H,(H,5,6)(H,7,8)/b;2-1+. The topological polar surface area (TPSA) is 176 Å². The highest BCUT2D eigenvalue weighted by Crippen LogP contribution is 2.29. The monoisotopic (exact) mass is 579 g/mol. The molecule has 13 heteroatoms. The van der Waals surface area contributed by atoms with Gasteiger partial charge < -0.3 is 15.5 Å². The molecule has 0 unspecified atom stereocenters. The van der Waals surface area contributed by atoms with Gasteiger partial charge in [0.25, 0.3) is 11.6 Å². The molecule has 1 aromatic heterocycles. The van der Waals surface area contributed by atoms with Gasteiger partial charge in [-0.15, -0.1) is 0 Å². The van der Waals surface area contributed by atoms with Crippen LogP contribution in [-0.4, -0.2) is 85.5 Å². The first kappa shape index (κ1) is 30.9. The highest BCUT2D eigenvalue weighted by Gasteiger charge is 2.22. The molecular formula is C28H29N5O7S. The van der Waals surface area contributed by atoms with Crippen LogP contribution in [0.2, 0.25) is 0 Å². The SMILES string of the molecule is Cc1nc(-c2ccccc2)nc(-c2cccc([N+](=O)[O-])c2)c1C(=O)NCCN1CCSCC1.O=C(O)/C=C/C(=O)O. The van der Waals surface area contributed by atoms with Crippen LogP contribution < -0.4 is 5.32 Å². The number of nitro groups is 1. The Labute approximate surface area is 240 Å². The normalized spacial score (nSPS) is 13.2. The number of carbonyl (C=O) groups excluding carboxylic acids is 1. The molecule has 3 aromatic rings. The van der Waals surface area contributed by atoms with Crippen LogP contribution in [0.5, 0.6) is 0 Å². The number of nitro benzene ring substituents is 1. The van der Waals surface area contributed by atoms with Crippen molar-refractivity contribution in [1.29, 1.82) is 0 Å². The summed E-state index contributed by atoms with van der Waals surface area (Å²) < 4.78 is 0. The summed E-state index contributed by atoms with van der Waals surface area (Å²) in [7, 11) is 0. The average Bonchev–Trinajstić information content (AvgIpc) is 2.97. The highest BCUT2D eigenvalue weighted by atomic mass is 32.2. The summed E-state index contributed by atoms with van der Waals surface area (Å²) >= 11 is 1.95. The van der Waals surface area contributed by atoms with Crippen LogP contribution in [0.25, 0.3) is 22.6 Å². The number of nitrogens with one attached hydrogen (secondary N) is 1. The molecule has 1 amide bonds. The van der Waals surface area contributed by atoms with E-state index >= 15 is 0 Å². The van der Waals surface area contributed by atoms with E-state index in [1.165, 1.54) is 12.1 Å². The fourth-order valence-corrected chi connectivity index (χ4v) is 4.90. The van der Waals surface area contributed by atoms with E-state index in [-0.39, 0.29) is 11.6 Å². The molecule has 0 aliphatic carbocycles. The van der Waals surface area contributed by atoms with Gasteiger partial charge in [0.05, 0.1) is 21.9 Å². The van der Waals surface area contributed by atoms with Gasteiger partial charge >= 0.3 is 11.9 Å². The lowest BCUT2D eigenvalue weighted by molar-refractivity contribution is -0.384. The van der Waals surface area contributed by atoms with Gasteiger partial charge in [-0.05, 0) is 6.92 Å². The van der Waals surface area contributed by atoms with Gasteiger partial charge in [-0.1, -0.05) is 42.5 Å². The Kier molecular flexibility index (Phi) is 11.5. The number of nitrogens with zero attached hydrogens (tertiary/aromatic N) is 4. The zero-order valence-corrected chi connectivity index (χ0v) is 23.0. The zero-order chi connectivity index (χ0) is 29.8. The molecule has 0 saturated carbocycles. The summed E-state index contributed by atoms with van der Waals surface area (Å²) in [4.78, 5) is 54.8. The Morgan fingerprint density at radius 3 is 2.24 bits per heavy atom. The first-order valence-corrected chi connectivity index (χ1v) is 13.7. The Hall–Kier alpha value is -4.62. The number of aliphatic carboxylic acids is 2. The van der Waals surface area contributed by atoms with Crippen molar-refractivity contribution >= 4 is 35.3 Å². The van der Waals surface area contributed by atoms with Crippen molar-refractivity contribution in [3.05, 3.63) is 88.1 Å². The Bertz CT molecular complexity index is 1410. The number of non-ortho nitro benzene ring substituents is 1. The molecule has 12 nitrogen and oxygen atoms in total. The first-order chi connectivity index (χ1) is 19.7. The fourth-order valence-electron chi connectivity index (χ4n) is 3.92. The molecule has 1 aliphatic heterocycles. The second-order valence-electron chi connectivity index (χ2n) is 8.75. The Balaban J connectivity index is 0.000000507. The Morgan fingerprint density at radius 2 is 1.63 bits per heavy atom. The molecule has 214 valence electrons. The second kappa shape index (κ2) is 15.2. The minimum Gasteiger partial charge on any atom is -0.478 e. The molecular weight excluding hydrogens is 550 g/mol. The van der Waals surface area contributed by atoms with E-state index in [0.29, 0.717) is 47.0 Å². The van der Waals surface area contributed by atoms with Crippen molar-refractivity contribution in [2.75, 3.05) is 37.7 Å². The van der Waals surface area contributed by atoms with Gasteiger partial charge in [0.1, 0.15) is 0 Å². The number of carboxylic acid groups (broad SMARTS) is 2. The van der Waals surface area contributed by atoms with E-state index in [9.17, 15) is 24.5 Å². The van der Waals surface area contributed by atoms with Crippen molar-refractivity contribution in [2.45, 2.75) is 6.92 Å². The molecule has 0 bridgehead atoms. The Morgan fingerprint density at radius 1 is 1.00 bits per heavy atom. The van der Waals surface area contributed by atoms with Crippen molar-refractivity contribution in [3.63, 3.8) is 0 Å². The quantitative estimate of drug-likeness (QED) is 0.192. The lowest BCUT2D eigenvalue weighted by Gasteiger charge is -2.26. The van der Waals surface area contributed by atoms with E-state index in [1.54, 1.807) is 19.1 Å². The predicted molar refractivity (Wildman–Crippen MR) is 155 cm³/mol. The maximum absolute atomic E-state index is 13.2. The summed E-state index contributed by atoms with van der Waals surface area (Å²) in [6.07, 6.45) is 1.12. The van der Waals surface area contributed by atoms with E-state index in [4.69, 9.17) is 10.2 Å². The second-order valence-corrected chi connectivity index (χ2v) is 9.97. The molecule has 1 saturated heterocycles. The summed E-state index contributed by atoms with van der Waals surface area (Å²) in [5.41, 5.74) is 2.50. The number of amides is 1. The molecule has 4 rings (SSSR count). The van der Waals surface area contributed by atoms with Crippen LogP contribution >= 0.6 is 11.8 Å². The summed E-state index contributed by atoms with van der Waals surface area (Å²) in [6.45, 7) is 5.10. The van der Waals surface area contributed by atoms with Crippen LogP contribution in [0, 0.1) is 17.0 Å². The van der Waals surface area contributed by atoms with Crippen LogP contribution in [0.4, 0.5) is 5.69 Å². The maximum atomic E-state index is 13.2. The predicted octanol–water partition coefficient (Wildman–Crippen LogP) is 3.52. The van der Waals surface area contributed by atoms with Crippen molar-refractivity contribution in [3.8, 4) is 22.6 Å². The molecule has 1 fully saturated rings. The molecule has 2 aromatic carbocycles. The van der Waals surface area contributed by atoms with Gasteiger partial charge in [-0.3, -0.25) is 19.8 Å². The minimum atomic E-state index is -1.26. The molecule has 1 aliphatic rings. The van der Waals surface area contributed by atoms with Crippen molar-refractivity contribution in [2.24, 2.45) is 0 Å². The van der Waals surface area contributed by atoms with E-state index < -0.39 is 16.9 Å². The highest BCUT2D eigenvalue weighted by molar-refractivity contribution is 7.99. The first-order valence-electron chi connectivity index (χ1n) is 12.6. The lowest BCUT2D eigenvalue weighted by atomic mass is 10.0. The van der Waals surface area contributed by atoms with Gasteiger partial charge in [0.2, 0.25) is 0 Å². The van der Waals surface area contributed by atoms with Crippen LogP contribution in [0.1, 0.15) is 16.1 Å². The number of rotatable bonds is 9. The van der Waals surface area contributed by atoms with Crippen LogP contribution in [0.3, 0.4) is 0 Å². The summed E-state index contributed by atoms with van der Waals surface area (Å²) in [5.74, 6) is -0.103. The number of hydrogen-bond donors (Lipinski definition) is 3. The number of aryl methyl sites for hydroxylation is 1. The molecule has 0 spiro atoms. The van der Waals surface area contributed by atoms with Crippen LogP contribution in [0.15, 0.2) is 66.7 Å². The number of benzene rings is 2. The van der Waals surface area contributed by atoms with E-state index in [1.807, 2.05) is 42.1 Å². The summed E-state index contributed by atoms with van der Waals surface area (Å²) in [5, 5.41) is 30.0. The van der Waals surface area contributed by atoms with Crippen molar-refractivity contribution in [1.82, 2.24) is 20.2 Å². The zero-order valence-electron chi connectivity index (χ0n) is 22.2. The molecule has 0 radical (unpaired) electrons. The summed E-state index contributed by atoms with van der Waals surface area (Å²) in [6, 6.07) is 15.7. The van der Waals surface area contributed by atoms with E-state index in [2.05, 4.69) is 20.2 Å². The number of hydrogen-bond acceptors (Lipinski definition) is 9. The number of carboxylic acids is 2. The lowest BCUT2D eigenvalue weighted by Crippen LogP contribution is -2.39. The fraction of sp³-hybridized carbons (Fsp3) is 0.250. The van der Waals surface area contributed by atoms with Gasteiger partial charge in [0.15, 0.2) is 5.82 Å². The van der Waals surface area contributed by atoms with Gasteiger partial charge in [-0.25, -0.2) is 19.6 Å². The molecule has 41 heavy (non-hydrogen) atoms. The number of thioether (sulfide) groups is 1. The average molecular weight is 580 g/mol. The van der Waals surface area contributed by atoms with Crippen molar-refractivity contribution < 1.29 is 29.5 Å². The maximum Gasteiger partial charge on any atom is 0.328 e. The molecule has 0 atom stereocenters. The third-order valence-electron chi connectivity index (χ3n) is 5.87. The van der Waals surface area contributed by atoms with Gasteiger partial charge in [0, 0.05) is 73.1 Å². The third-order valence-corrected chi connectivity index (χ3v) is 6.81. The smallest absolute Gasteiger partial charge is 0.328 e. The molecule has 2 heterocycles.